The second-order valence-corrected chi connectivity index (χ2v) is 8.43. The summed E-state index contributed by atoms with van der Waals surface area (Å²) in [5.74, 6) is 0.916. The van der Waals surface area contributed by atoms with Crippen LogP contribution in [0.5, 0.6) is 5.75 Å². The summed E-state index contributed by atoms with van der Waals surface area (Å²) in [7, 11) is 1.72. The van der Waals surface area contributed by atoms with Gasteiger partial charge < -0.3 is 15.8 Å². The van der Waals surface area contributed by atoms with Crippen molar-refractivity contribution in [1.29, 1.82) is 0 Å². The van der Waals surface area contributed by atoms with Crippen molar-refractivity contribution in [2.24, 2.45) is 5.73 Å². The molecule has 0 radical (unpaired) electrons. The lowest BCUT2D eigenvalue weighted by atomic mass is 9.68. The van der Waals surface area contributed by atoms with Crippen LogP contribution in [-0.2, 0) is 12.0 Å². The van der Waals surface area contributed by atoms with Gasteiger partial charge in [0.15, 0.2) is 0 Å². The summed E-state index contributed by atoms with van der Waals surface area (Å²) >= 11 is 0. The molecule has 3 aromatic carbocycles. The van der Waals surface area contributed by atoms with Crippen molar-refractivity contribution in [3.8, 4) is 16.9 Å². The highest BCUT2D eigenvalue weighted by atomic mass is 16.5. The zero-order valence-electron chi connectivity index (χ0n) is 17.8. The van der Waals surface area contributed by atoms with Crippen LogP contribution in [0.4, 0.5) is 0 Å². The lowest BCUT2D eigenvalue weighted by molar-refractivity contribution is 0.250. The van der Waals surface area contributed by atoms with Crippen molar-refractivity contribution in [3.63, 3.8) is 0 Å². The van der Waals surface area contributed by atoms with Crippen molar-refractivity contribution >= 4 is 0 Å². The van der Waals surface area contributed by atoms with E-state index in [1.54, 1.807) is 7.11 Å². The number of hydrogen-bond acceptors (Lipinski definition) is 3. The summed E-state index contributed by atoms with van der Waals surface area (Å²) in [6.07, 6.45) is 4.52. The highest BCUT2D eigenvalue weighted by molar-refractivity contribution is 5.63. The second-order valence-electron chi connectivity index (χ2n) is 8.43. The van der Waals surface area contributed by atoms with E-state index < -0.39 is 0 Å². The Bertz CT molecular complexity index is 929. The molecule has 0 amide bonds. The number of ether oxygens (including phenoxy) is 1. The Morgan fingerprint density at radius 1 is 0.900 bits per heavy atom. The Kier molecular flexibility index (Phi) is 6.51. The van der Waals surface area contributed by atoms with E-state index in [2.05, 4.69) is 78.1 Å². The van der Waals surface area contributed by atoms with Crippen LogP contribution in [0.3, 0.4) is 0 Å². The number of rotatable bonds is 7. The van der Waals surface area contributed by atoms with Gasteiger partial charge in [-0.3, -0.25) is 0 Å². The normalized spacial score (nSPS) is 21.3. The number of methoxy groups -OCH3 is 1. The average molecular weight is 401 g/mol. The lowest BCUT2D eigenvalue weighted by Gasteiger charge is -2.40. The molecule has 1 saturated carbocycles. The molecule has 1 fully saturated rings. The minimum absolute atomic E-state index is 0.0735. The molecule has 30 heavy (non-hydrogen) atoms. The summed E-state index contributed by atoms with van der Waals surface area (Å²) in [6, 6.07) is 28.4. The zero-order valence-corrected chi connectivity index (χ0v) is 17.8. The minimum atomic E-state index is 0.0735. The van der Waals surface area contributed by atoms with Crippen LogP contribution < -0.4 is 15.8 Å². The van der Waals surface area contributed by atoms with E-state index in [4.69, 9.17) is 10.5 Å². The molecular weight excluding hydrogens is 368 g/mol. The maximum atomic E-state index is 6.27. The summed E-state index contributed by atoms with van der Waals surface area (Å²) < 4.78 is 5.43. The maximum Gasteiger partial charge on any atom is 0.119 e. The monoisotopic (exact) mass is 400 g/mol. The first kappa shape index (κ1) is 20.6. The van der Waals surface area contributed by atoms with Gasteiger partial charge in [-0.25, -0.2) is 0 Å². The van der Waals surface area contributed by atoms with E-state index in [0.717, 1.165) is 38.0 Å². The first-order valence-electron chi connectivity index (χ1n) is 10.9. The SMILES string of the molecule is COc1cccc([C@]2(CN)CC[C@H](NCc3ccc(-c4ccccc4)cc3)CC2)c1. The number of nitrogens with two attached hydrogens (primary N) is 1. The van der Waals surface area contributed by atoms with Crippen molar-refractivity contribution in [2.45, 2.75) is 43.7 Å². The van der Waals surface area contributed by atoms with Crippen LogP contribution in [0.15, 0.2) is 78.9 Å². The van der Waals surface area contributed by atoms with Crippen LogP contribution in [0.25, 0.3) is 11.1 Å². The maximum absolute atomic E-state index is 6.27. The average Bonchev–Trinajstić information content (AvgIpc) is 2.84. The highest BCUT2D eigenvalue weighted by Gasteiger charge is 2.35. The van der Waals surface area contributed by atoms with Crippen LogP contribution in [0.2, 0.25) is 0 Å². The summed E-state index contributed by atoms with van der Waals surface area (Å²) in [6.45, 7) is 1.60. The van der Waals surface area contributed by atoms with Gasteiger partial charge in [-0.05, 0) is 60.1 Å². The fourth-order valence-electron chi connectivity index (χ4n) is 4.65. The van der Waals surface area contributed by atoms with Crippen molar-refractivity contribution < 1.29 is 4.74 Å². The second kappa shape index (κ2) is 9.46. The third-order valence-electron chi connectivity index (χ3n) is 6.67. The van der Waals surface area contributed by atoms with Gasteiger partial charge in [0.05, 0.1) is 7.11 Å². The van der Waals surface area contributed by atoms with Crippen LogP contribution >= 0.6 is 0 Å². The van der Waals surface area contributed by atoms with Crippen LogP contribution in [0.1, 0.15) is 36.8 Å². The van der Waals surface area contributed by atoms with E-state index in [1.165, 1.54) is 22.3 Å². The first-order chi connectivity index (χ1) is 14.7. The molecular formula is C27H32N2O. The molecule has 4 rings (SSSR count). The van der Waals surface area contributed by atoms with Crippen molar-refractivity contribution in [3.05, 3.63) is 90.0 Å². The summed E-state index contributed by atoms with van der Waals surface area (Å²) in [4.78, 5) is 0. The van der Waals surface area contributed by atoms with Gasteiger partial charge in [0, 0.05) is 24.5 Å². The largest absolute Gasteiger partial charge is 0.497 e. The molecule has 0 atom stereocenters. The molecule has 0 heterocycles. The molecule has 3 aromatic rings. The van der Waals surface area contributed by atoms with Crippen LogP contribution in [-0.4, -0.2) is 19.7 Å². The topological polar surface area (TPSA) is 47.3 Å². The molecule has 0 spiro atoms. The van der Waals surface area contributed by atoms with E-state index >= 15 is 0 Å². The zero-order chi connectivity index (χ0) is 20.8. The van der Waals surface area contributed by atoms with Crippen molar-refractivity contribution in [1.82, 2.24) is 5.32 Å². The van der Waals surface area contributed by atoms with Gasteiger partial charge in [0.25, 0.3) is 0 Å². The van der Waals surface area contributed by atoms with E-state index in [-0.39, 0.29) is 5.41 Å². The van der Waals surface area contributed by atoms with Gasteiger partial charge in [-0.1, -0.05) is 66.7 Å². The molecule has 0 aliphatic heterocycles. The third kappa shape index (κ3) is 4.58. The Morgan fingerprint density at radius 3 is 2.27 bits per heavy atom. The quantitative estimate of drug-likeness (QED) is 0.566. The number of hydrogen-bond donors (Lipinski definition) is 2. The lowest BCUT2D eigenvalue weighted by Crippen LogP contribution is -2.43. The van der Waals surface area contributed by atoms with Gasteiger partial charge >= 0.3 is 0 Å². The Labute approximate surface area is 180 Å². The van der Waals surface area contributed by atoms with Gasteiger partial charge in [-0.2, -0.15) is 0 Å². The molecule has 0 saturated heterocycles. The van der Waals surface area contributed by atoms with Gasteiger partial charge in [0.2, 0.25) is 0 Å². The highest BCUT2D eigenvalue weighted by Crippen LogP contribution is 2.39. The fraction of sp³-hybridized carbons (Fsp3) is 0.333. The van der Waals surface area contributed by atoms with E-state index in [1.807, 2.05) is 6.07 Å². The Morgan fingerprint density at radius 2 is 1.60 bits per heavy atom. The predicted molar refractivity (Wildman–Crippen MR) is 125 cm³/mol. The predicted octanol–water partition coefficient (Wildman–Crippen LogP) is 5.29. The molecule has 3 N–H and O–H groups in total. The molecule has 3 heteroatoms. The standard InChI is InChI=1S/C27H32N2O/c1-30-26-9-5-8-24(18-26)27(20-28)16-14-25(15-17-27)29-19-21-10-12-23(13-11-21)22-6-3-2-4-7-22/h2-13,18,25,29H,14-17,19-20,28H2,1H3/t25-,27+. The smallest absolute Gasteiger partial charge is 0.119 e. The Hall–Kier alpha value is -2.62. The number of nitrogens with one attached hydrogen (secondary N) is 1. The molecule has 3 nitrogen and oxygen atoms in total. The minimum Gasteiger partial charge on any atom is -0.497 e. The van der Waals surface area contributed by atoms with Gasteiger partial charge in [0.1, 0.15) is 5.75 Å². The van der Waals surface area contributed by atoms with Crippen LogP contribution in [0, 0.1) is 0 Å². The molecule has 0 bridgehead atoms. The molecule has 0 aromatic heterocycles. The molecule has 1 aliphatic carbocycles. The van der Waals surface area contributed by atoms with E-state index in [0.29, 0.717) is 12.6 Å². The molecule has 156 valence electrons. The fourth-order valence-corrected chi connectivity index (χ4v) is 4.65. The van der Waals surface area contributed by atoms with Crippen molar-refractivity contribution in [2.75, 3.05) is 13.7 Å². The summed E-state index contributed by atoms with van der Waals surface area (Å²) in [5.41, 5.74) is 11.5. The molecule has 0 unspecified atom stereocenters. The third-order valence-corrected chi connectivity index (χ3v) is 6.67. The number of benzene rings is 3. The molecule has 1 aliphatic rings. The van der Waals surface area contributed by atoms with Gasteiger partial charge in [-0.15, -0.1) is 0 Å². The van der Waals surface area contributed by atoms with E-state index in [9.17, 15) is 0 Å². The summed E-state index contributed by atoms with van der Waals surface area (Å²) in [5, 5.41) is 3.77. The first-order valence-corrected chi connectivity index (χ1v) is 10.9. The Balaban J connectivity index is 1.33.